The average Bonchev–Trinajstić information content (AvgIpc) is 2.60. The third kappa shape index (κ3) is 4.74. The van der Waals surface area contributed by atoms with E-state index in [2.05, 4.69) is 0 Å². The smallest absolute Gasteiger partial charge is 0.251 e. The minimum absolute atomic E-state index is 0.121. The first-order valence-electron chi connectivity index (χ1n) is 6.19. The Morgan fingerprint density at radius 3 is 2.50 bits per heavy atom. The molecule has 1 heterocycles. The van der Waals surface area contributed by atoms with Crippen LogP contribution in [0, 0.1) is 0 Å². The number of rotatable bonds is 5. The van der Waals surface area contributed by atoms with Crippen LogP contribution in [-0.4, -0.2) is 43.2 Å². The molecule has 2 nitrogen and oxygen atoms in total. The summed E-state index contributed by atoms with van der Waals surface area (Å²) in [6, 6.07) is 0. The molecular weight excluding hydrogens is 212 g/mol. The van der Waals surface area contributed by atoms with E-state index in [1.807, 2.05) is 32.6 Å². The van der Waals surface area contributed by atoms with E-state index in [4.69, 9.17) is 4.74 Å². The molecule has 1 aliphatic heterocycles. The summed E-state index contributed by atoms with van der Waals surface area (Å²) in [6.07, 6.45) is -0.287. The maximum Gasteiger partial charge on any atom is 0.251 e. The van der Waals surface area contributed by atoms with Crippen molar-refractivity contribution in [2.45, 2.75) is 52.5 Å². The van der Waals surface area contributed by atoms with Gasteiger partial charge in [0.1, 0.15) is 0 Å². The molecule has 0 radical (unpaired) electrons. The molecule has 0 aromatic rings. The predicted molar refractivity (Wildman–Crippen MR) is 63.1 cm³/mol. The van der Waals surface area contributed by atoms with Gasteiger partial charge in [-0.25, -0.2) is 8.78 Å². The molecule has 98 valence electrons. The van der Waals surface area contributed by atoms with Crippen LogP contribution in [0.4, 0.5) is 8.78 Å². The summed E-state index contributed by atoms with van der Waals surface area (Å²) >= 11 is 0. The van der Waals surface area contributed by atoms with Gasteiger partial charge < -0.3 is 4.74 Å². The maximum atomic E-state index is 12.3. The second-order valence-corrected chi connectivity index (χ2v) is 4.07. The highest BCUT2D eigenvalue weighted by Gasteiger charge is 2.37. The van der Waals surface area contributed by atoms with Gasteiger partial charge in [-0.15, -0.1) is 0 Å². The van der Waals surface area contributed by atoms with Crippen LogP contribution in [-0.2, 0) is 4.74 Å². The topological polar surface area (TPSA) is 12.5 Å². The van der Waals surface area contributed by atoms with Crippen molar-refractivity contribution in [3.8, 4) is 0 Å². The summed E-state index contributed by atoms with van der Waals surface area (Å²) < 4.78 is 29.9. The average molecular weight is 237 g/mol. The lowest BCUT2D eigenvalue weighted by Gasteiger charge is -2.34. The fraction of sp³-hybridized carbons (Fsp3) is 1.00. The van der Waals surface area contributed by atoms with E-state index in [9.17, 15) is 8.78 Å². The van der Waals surface area contributed by atoms with E-state index in [0.29, 0.717) is 13.2 Å². The van der Waals surface area contributed by atoms with Crippen LogP contribution in [0.15, 0.2) is 0 Å². The van der Waals surface area contributed by atoms with Gasteiger partial charge in [0.2, 0.25) is 0 Å². The molecule has 0 aromatic carbocycles. The fourth-order valence-electron chi connectivity index (χ4n) is 2.04. The van der Waals surface area contributed by atoms with Gasteiger partial charge in [-0.2, -0.15) is 0 Å². The largest absolute Gasteiger partial charge is 0.380 e. The van der Waals surface area contributed by atoms with Gasteiger partial charge in [0.15, 0.2) is 0 Å². The fourth-order valence-corrected chi connectivity index (χ4v) is 2.04. The molecule has 1 fully saturated rings. The molecule has 16 heavy (non-hydrogen) atoms. The van der Waals surface area contributed by atoms with Crippen LogP contribution in [0.1, 0.15) is 40.5 Å². The third-order valence-corrected chi connectivity index (χ3v) is 2.88. The number of ether oxygens (including phenoxy) is 1. The van der Waals surface area contributed by atoms with Gasteiger partial charge in [-0.3, -0.25) is 4.90 Å². The summed E-state index contributed by atoms with van der Waals surface area (Å²) in [7, 11) is 0. The van der Waals surface area contributed by atoms with Crippen molar-refractivity contribution in [3.63, 3.8) is 0 Å². The first kappa shape index (κ1) is 15.8. The zero-order valence-electron chi connectivity index (χ0n) is 10.9. The van der Waals surface area contributed by atoms with Gasteiger partial charge >= 0.3 is 0 Å². The van der Waals surface area contributed by atoms with Crippen LogP contribution in [0.3, 0.4) is 0 Å². The molecule has 0 spiro atoms. The van der Waals surface area contributed by atoms with E-state index in [1.165, 1.54) is 0 Å². The number of halogens is 2. The predicted octanol–water partition coefficient (Wildman–Crippen LogP) is 3.17. The maximum absolute atomic E-state index is 12.3. The Morgan fingerprint density at radius 2 is 2.00 bits per heavy atom. The molecule has 1 saturated heterocycles. The van der Waals surface area contributed by atoms with E-state index in [0.717, 1.165) is 19.4 Å². The van der Waals surface area contributed by atoms with Crippen molar-refractivity contribution in [3.05, 3.63) is 0 Å². The zero-order chi connectivity index (χ0) is 12.6. The Bertz CT molecular complexity index is 178. The van der Waals surface area contributed by atoms with Gasteiger partial charge in [-0.1, -0.05) is 13.8 Å². The molecule has 0 bridgehead atoms. The van der Waals surface area contributed by atoms with Crippen molar-refractivity contribution >= 4 is 0 Å². The first-order valence-corrected chi connectivity index (χ1v) is 6.19. The van der Waals surface area contributed by atoms with E-state index in [1.54, 1.807) is 0 Å². The molecule has 0 amide bonds. The van der Waals surface area contributed by atoms with Gasteiger partial charge in [-0.05, 0) is 33.2 Å². The van der Waals surface area contributed by atoms with Crippen molar-refractivity contribution in [1.82, 2.24) is 4.90 Å². The summed E-state index contributed by atoms with van der Waals surface area (Å²) in [5, 5.41) is 0. The van der Waals surface area contributed by atoms with Crippen LogP contribution < -0.4 is 0 Å². The SMILES string of the molecule is CC.CCOCC1(C)CCCN1CC(F)F. The van der Waals surface area contributed by atoms with Gasteiger partial charge in [0.05, 0.1) is 13.2 Å². The van der Waals surface area contributed by atoms with Crippen LogP contribution in [0.5, 0.6) is 0 Å². The molecule has 4 heteroatoms. The second-order valence-electron chi connectivity index (χ2n) is 4.07. The molecule has 0 aromatic heterocycles. The lowest BCUT2D eigenvalue weighted by atomic mass is 10.0. The standard InChI is InChI=1S/C10H19F2NO.C2H6/c1-3-14-8-10(2)5-4-6-13(10)7-9(11)12;1-2/h9H,3-8H2,1-2H3;1-2H3. The summed E-state index contributed by atoms with van der Waals surface area (Å²) in [5.74, 6) is 0. The highest BCUT2D eigenvalue weighted by atomic mass is 19.3. The van der Waals surface area contributed by atoms with Crippen molar-refractivity contribution in [2.75, 3.05) is 26.3 Å². The Labute approximate surface area is 98.0 Å². The number of hydrogen-bond donors (Lipinski definition) is 0. The minimum Gasteiger partial charge on any atom is -0.380 e. The highest BCUT2D eigenvalue weighted by molar-refractivity contribution is 4.92. The van der Waals surface area contributed by atoms with Crippen molar-refractivity contribution in [1.29, 1.82) is 0 Å². The van der Waals surface area contributed by atoms with Crippen LogP contribution >= 0.6 is 0 Å². The van der Waals surface area contributed by atoms with E-state index >= 15 is 0 Å². The second kappa shape index (κ2) is 7.96. The van der Waals surface area contributed by atoms with Crippen molar-refractivity contribution in [2.24, 2.45) is 0 Å². The lowest BCUT2D eigenvalue weighted by Crippen LogP contribution is -2.47. The molecule has 0 aliphatic carbocycles. The van der Waals surface area contributed by atoms with Crippen LogP contribution in [0.2, 0.25) is 0 Å². The number of hydrogen-bond acceptors (Lipinski definition) is 2. The molecule has 1 aliphatic rings. The summed E-state index contributed by atoms with van der Waals surface area (Å²) in [5.41, 5.74) is -0.174. The number of nitrogens with zero attached hydrogens (tertiary/aromatic N) is 1. The number of alkyl halides is 2. The van der Waals surface area contributed by atoms with E-state index in [-0.39, 0.29) is 12.1 Å². The third-order valence-electron chi connectivity index (χ3n) is 2.88. The Hall–Kier alpha value is -0.220. The lowest BCUT2D eigenvalue weighted by molar-refractivity contribution is -0.000963. The summed E-state index contributed by atoms with van der Waals surface area (Å²) in [6.45, 7) is 9.81. The minimum atomic E-state index is -2.24. The zero-order valence-corrected chi connectivity index (χ0v) is 10.9. The van der Waals surface area contributed by atoms with Crippen LogP contribution in [0.25, 0.3) is 0 Å². The Kier molecular flexibility index (Phi) is 7.85. The first-order chi connectivity index (χ1) is 7.58. The normalized spacial score (nSPS) is 25.7. The Balaban J connectivity index is 0.00000106. The van der Waals surface area contributed by atoms with Crippen molar-refractivity contribution < 1.29 is 13.5 Å². The molecule has 0 saturated carbocycles. The van der Waals surface area contributed by atoms with Gasteiger partial charge in [0, 0.05) is 12.1 Å². The number of likely N-dealkylation sites (tertiary alicyclic amines) is 1. The van der Waals surface area contributed by atoms with E-state index < -0.39 is 6.43 Å². The quantitative estimate of drug-likeness (QED) is 0.728. The monoisotopic (exact) mass is 237 g/mol. The molecular formula is C12H25F2NO. The Morgan fingerprint density at radius 1 is 1.38 bits per heavy atom. The molecule has 1 atom stereocenters. The van der Waals surface area contributed by atoms with Gasteiger partial charge in [0.25, 0.3) is 6.43 Å². The highest BCUT2D eigenvalue weighted by Crippen LogP contribution is 2.29. The molecule has 0 N–H and O–H groups in total. The molecule has 1 rings (SSSR count). The summed E-state index contributed by atoms with van der Waals surface area (Å²) in [4.78, 5) is 1.85. The molecule has 1 unspecified atom stereocenters.